The molecule has 158 valence electrons. The number of phenols is 1. The van der Waals surface area contributed by atoms with Crippen molar-refractivity contribution in [3.8, 4) is 5.75 Å². The Bertz CT molecular complexity index is 1090. The second kappa shape index (κ2) is 9.58. The summed E-state index contributed by atoms with van der Waals surface area (Å²) in [6, 6.07) is 21.7. The van der Waals surface area contributed by atoms with Crippen LogP contribution in [-0.4, -0.2) is 34.8 Å². The van der Waals surface area contributed by atoms with Gasteiger partial charge in [-0.05, 0) is 61.4 Å². The number of phenolic OH excluding ortho intramolecular Hbond substituents is 1. The zero-order chi connectivity index (χ0) is 21.8. The lowest BCUT2D eigenvalue weighted by Crippen LogP contribution is -2.40. The quantitative estimate of drug-likeness (QED) is 0.488. The number of ketones is 1. The van der Waals surface area contributed by atoms with E-state index in [2.05, 4.69) is 0 Å². The van der Waals surface area contributed by atoms with Crippen LogP contribution in [0.4, 0.5) is 0 Å². The molecular formula is C25H22ClNO3S. The molecule has 1 saturated heterocycles. The minimum Gasteiger partial charge on any atom is -0.508 e. The van der Waals surface area contributed by atoms with E-state index in [0.29, 0.717) is 42.1 Å². The first-order valence-corrected chi connectivity index (χ1v) is 11.3. The number of aromatic hydroxyl groups is 1. The summed E-state index contributed by atoms with van der Waals surface area (Å²) >= 11 is 7.64. The van der Waals surface area contributed by atoms with E-state index in [-0.39, 0.29) is 23.4 Å². The molecule has 1 aliphatic heterocycles. The third-order valence-electron chi connectivity index (χ3n) is 5.42. The number of rotatable bonds is 5. The zero-order valence-electron chi connectivity index (χ0n) is 16.8. The second-order valence-corrected chi connectivity index (χ2v) is 9.15. The molecule has 0 aromatic heterocycles. The van der Waals surface area contributed by atoms with Gasteiger partial charge < -0.3 is 10.0 Å². The van der Waals surface area contributed by atoms with Crippen LogP contribution < -0.4 is 0 Å². The highest BCUT2D eigenvalue weighted by Crippen LogP contribution is 2.30. The van der Waals surface area contributed by atoms with Gasteiger partial charge in [-0.2, -0.15) is 0 Å². The van der Waals surface area contributed by atoms with E-state index < -0.39 is 0 Å². The van der Waals surface area contributed by atoms with Crippen molar-refractivity contribution < 1.29 is 14.7 Å². The molecule has 0 bridgehead atoms. The first kappa shape index (κ1) is 21.5. The average Bonchev–Trinajstić information content (AvgIpc) is 2.79. The number of benzene rings is 3. The van der Waals surface area contributed by atoms with Crippen molar-refractivity contribution in [2.24, 2.45) is 5.92 Å². The van der Waals surface area contributed by atoms with Crippen molar-refractivity contribution in [2.45, 2.75) is 22.6 Å². The molecule has 0 spiro atoms. The van der Waals surface area contributed by atoms with Crippen LogP contribution in [0, 0.1) is 5.92 Å². The van der Waals surface area contributed by atoms with Gasteiger partial charge in [0.15, 0.2) is 5.78 Å². The van der Waals surface area contributed by atoms with E-state index >= 15 is 0 Å². The third-order valence-corrected chi connectivity index (χ3v) is 6.65. The van der Waals surface area contributed by atoms with Gasteiger partial charge in [-0.15, -0.1) is 0 Å². The monoisotopic (exact) mass is 451 g/mol. The van der Waals surface area contributed by atoms with Crippen molar-refractivity contribution >= 4 is 35.1 Å². The number of piperidine rings is 1. The number of hydrogen-bond acceptors (Lipinski definition) is 4. The summed E-state index contributed by atoms with van der Waals surface area (Å²) in [5.41, 5.74) is 1.17. The normalized spacial score (nSPS) is 14.4. The lowest BCUT2D eigenvalue weighted by molar-refractivity contribution is 0.0650. The minimum atomic E-state index is -0.107. The minimum absolute atomic E-state index is 0.0767. The number of halogens is 1. The van der Waals surface area contributed by atoms with E-state index in [4.69, 9.17) is 11.6 Å². The fourth-order valence-corrected chi connectivity index (χ4v) is 4.89. The van der Waals surface area contributed by atoms with Gasteiger partial charge in [0.25, 0.3) is 5.91 Å². The summed E-state index contributed by atoms with van der Waals surface area (Å²) in [5.74, 6) is 0.0143. The van der Waals surface area contributed by atoms with Gasteiger partial charge in [0.05, 0.1) is 0 Å². The molecule has 4 nitrogen and oxygen atoms in total. The maximum atomic E-state index is 12.9. The van der Waals surface area contributed by atoms with Crippen LogP contribution in [0.25, 0.3) is 0 Å². The maximum Gasteiger partial charge on any atom is 0.253 e. The van der Waals surface area contributed by atoms with E-state index in [9.17, 15) is 14.7 Å². The topological polar surface area (TPSA) is 57.6 Å². The average molecular weight is 452 g/mol. The Kier molecular flexibility index (Phi) is 6.64. The summed E-state index contributed by atoms with van der Waals surface area (Å²) < 4.78 is 0. The van der Waals surface area contributed by atoms with Crippen LogP contribution >= 0.6 is 23.4 Å². The molecule has 1 heterocycles. The number of Topliss-reactive ketones (excluding diaryl/α,β-unsaturated/α-hetero) is 1. The number of carbonyl (C=O) groups excluding carboxylic acids is 2. The van der Waals surface area contributed by atoms with Crippen LogP contribution in [-0.2, 0) is 0 Å². The second-order valence-electron chi connectivity index (χ2n) is 7.56. The molecule has 1 N–H and O–H groups in total. The molecular weight excluding hydrogens is 430 g/mol. The number of likely N-dealkylation sites (tertiary alicyclic amines) is 1. The Morgan fingerprint density at radius 2 is 1.58 bits per heavy atom. The van der Waals surface area contributed by atoms with Gasteiger partial charge in [-0.25, -0.2) is 0 Å². The Morgan fingerprint density at radius 1 is 0.871 bits per heavy atom. The molecule has 3 aromatic rings. The number of amides is 1. The number of hydrogen-bond donors (Lipinski definition) is 1. The van der Waals surface area contributed by atoms with Gasteiger partial charge in [0.2, 0.25) is 0 Å². The van der Waals surface area contributed by atoms with Gasteiger partial charge in [0.1, 0.15) is 5.75 Å². The fraction of sp³-hybridized carbons (Fsp3) is 0.200. The third kappa shape index (κ3) is 5.30. The van der Waals surface area contributed by atoms with Crippen molar-refractivity contribution in [1.29, 1.82) is 0 Å². The van der Waals surface area contributed by atoms with Gasteiger partial charge >= 0.3 is 0 Å². The number of carbonyl (C=O) groups is 2. The van der Waals surface area contributed by atoms with E-state index in [0.717, 1.165) is 9.79 Å². The Hall–Kier alpha value is -2.76. The molecule has 0 aliphatic carbocycles. The Morgan fingerprint density at radius 3 is 2.26 bits per heavy atom. The Balaban J connectivity index is 1.34. The Labute approximate surface area is 190 Å². The highest BCUT2D eigenvalue weighted by atomic mass is 35.5. The summed E-state index contributed by atoms with van der Waals surface area (Å²) in [5, 5.41) is 10.3. The van der Waals surface area contributed by atoms with E-state index in [1.54, 1.807) is 34.9 Å². The van der Waals surface area contributed by atoms with Gasteiger partial charge in [0, 0.05) is 44.9 Å². The fourth-order valence-electron chi connectivity index (χ4n) is 3.76. The molecule has 0 saturated carbocycles. The van der Waals surface area contributed by atoms with Crippen molar-refractivity contribution in [3.63, 3.8) is 0 Å². The lowest BCUT2D eigenvalue weighted by atomic mass is 9.88. The molecule has 3 aromatic carbocycles. The molecule has 0 unspecified atom stereocenters. The molecule has 1 aliphatic rings. The summed E-state index contributed by atoms with van der Waals surface area (Å²) in [7, 11) is 0. The van der Waals surface area contributed by atoms with Crippen LogP contribution in [0.5, 0.6) is 5.75 Å². The van der Waals surface area contributed by atoms with Crippen LogP contribution in [0.3, 0.4) is 0 Å². The predicted octanol–water partition coefficient (Wildman–Crippen LogP) is 5.93. The summed E-state index contributed by atoms with van der Waals surface area (Å²) in [4.78, 5) is 29.4. The molecule has 1 fully saturated rings. The van der Waals surface area contributed by atoms with Crippen LogP contribution in [0.1, 0.15) is 33.6 Å². The SMILES string of the molecule is O=C(c1ccc(Sc2cccc(Cl)c2)cc1)C1CCN(C(=O)c2cccc(O)c2)CC1. The van der Waals surface area contributed by atoms with Gasteiger partial charge in [-0.3, -0.25) is 9.59 Å². The largest absolute Gasteiger partial charge is 0.508 e. The van der Waals surface area contributed by atoms with Crippen LogP contribution in [0.15, 0.2) is 82.6 Å². The standard InChI is InChI=1S/C25H22ClNO3S/c26-20-4-2-6-23(16-20)31-22-9-7-17(8-10-22)24(29)18-11-13-27(14-12-18)25(30)19-3-1-5-21(28)15-19/h1-10,15-16,18,28H,11-14H2. The first-order valence-electron chi connectivity index (χ1n) is 10.2. The first-order chi connectivity index (χ1) is 15.0. The van der Waals surface area contributed by atoms with Crippen molar-refractivity contribution in [1.82, 2.24) is 4.90 Å². The van der Waals surface area contributed by atoms with Crippen LogP contribution in [0.2, 0.25) is 5.02 Å². The molecule has 1 amide bonds. The molecule has 0 atom stereocenters. The molecule has 4 rings (SSSR count). The predicted molar refractivity (Wildman–Crippen MR) is 123 cm³/mol. The molecule has 31 heavy (non-hydrogen) atoms. The lowest BCUT2D eigenvalue weighted by Gasteiger charge is -2.31. The molecule has 6 heteroatoms. The zero-order valence-corrected chi connectivity index (χ0v) is 18.4. The van der Waals surface area contributed by atoms with Crippen molar-refractivity contribution in [3.05, 3.63) is 88.9 Å². The highest BCUT2D eigenvalue weighted by Gasteiger charge is 2.28. The van der Waals surface area contributed by atoms with E-state index in [1.165, 1.54) is 6.07 Å². The molecule has 0 radical (unpaired) electrons. The smallest absolute Gasteiger partial charge is 0.253 e. The van der Waals surface area contributed by atoms with Crippen molar-refractivity contribution in [2.75, 3.05) is 13.1 Å². The highest BCUT2D eigenvalue weighted by molar-refractivity contribution is 7.99. The number of nitrogens with zero attached hydrogens (tertiary/aromatic N) is 1. The van der Waals surface area contributed by atoms with E-state index in [1.807, 2.05) is 48.5 Å². The summed E-state index contributed by atoms with van der Waals surface area (Å²) in [6.07, 6.45) is 1.28. The summed E-state index contributed by atoms with van der Waals surface area (Å²) in [6.45, 7) is 1.07. The maximum absolute atomic E-state index is 12.9. The van der Waals surface area contributed by atoms with Gasteiger partial charge in [-0.1, -0.05) is 47.6 Å².